The maximum atomic E-state index is 14.3. The predicted molar refractivity (Wildman–Crippen MR) is 248 cm³/mol. The summed E-state index contributed by atoms with van der Waals surface area (Å²) in [5, 5.41) is 13.9. The molecular formula is C47H64ClN5O13S. The van der Waals surface area contributed by atoms with Crippen molar-refractivity contribution in [2.45, 2.75) is 133 Å². The third-order valence-corrected chi connectivity index (χ3v) is 15.6. The summed E-state index contributed by atoms with van der Waals surface area (Å²) in [7, 11) is 5.89. The summed E-state index contributed by atoms with van der Waals surface area (Å²) < 4.78 is 29.4. The minimum absolute atomic E-state index is 0.0246. The Hall–Kier alpha value is -4.69. The quantitative estimate of drug-likeness (QED) is 0.152. The van der Waals surface area contributed by atoms with Crippen LogP contribution in [0.5, 0.6) is 5.75 Å². The van der Waals surface area contributed by atoms with Crippen LogP contribution in [0.4, 0.5) is 10.5 Å². The number of likely N-dealkylation sites (tertiary alicyclic amines) is 1. The first-order valence-corrected chi connectivity index (χ1v) is 24.1. The number of alkyl carbamates (subject to hydrolysis) is 1. The average molecular weight is 975 g/mol. The van der Waals surface area contributed by atoms with E-state index < -0.39 is 76.8 Å². The maximum absolute atomic E-state index is 14.3. The third-order valence-electron chi connectivity index (χ3n) is 14.1. The number of carbonyl (C=O) groups is 7. The molecule has 0 aromatic heterocycles. The van der Waals surface area contributed by atoms with Crippen LogP contribution in [0.2, 0.25) is 5.02 Å². The van der Waals surface area contributed by atoms with Crippen molar-refractivity contribution < 1.29 is 62.4 Å². The van der Waals surface area contributed by atoms with Crippen LogP contribution in [0.3, 0.4) is 0 Å². The third kappa shape index (κ3) is 11.6. The molecule has 368 valence electrons. The van der Waals surface area contributed by atoms with Crippen LogP contribution in [0.25, 0.3) is 0 Å². The second-order valence-electron chi connectivity index (χ2n) is 18.7. The van der Waals surface area contributed by atoms with E-state index in [9.17, 15) is 38.7 Å². The van der Waals surface area contributed by atoms with Gasteiger partial charge in [-0.2, -0.15) is 0 Å². The SMILES string of the molecule is COc1cc2cc(c1Cl)N(C)C(=O)C[C@H](OC(=O)[C@H](C)N(C)C(=O)CCSC1CC(=O)N(CC3CCC(C(N)=O)CC3)C1=O)[C@@]1(C)O[C@H]1[C@H](C)[C@@H]1C[C@@](O)(NC(=O)O1)[C@H](OC)C=CC=C(C)C2. The number of hydrogen-bond acceptors (Lipinski definition) is 14. The summed E-state index contributed by atoms with van der Waals surface area (Å²) in [5.41, 5.74) is 4.31. The van der Waals surface area contributed by atoms with Crippen molar-refractivity contribution in [3.63, 3.8) is 0 Å². The number of nitrogens with one attached hydrogen (secondary N) is 1. The van der Waals surface area contributed by atoms with Crippen LogP contribution < -0.4 is 20.7 Å². The first-order valence-electron chi connectivity index (χ1n) is 22.7. The summed E-state index contributed by atoms with van der Waals surface area (Å²) >= 11 is 8.02. The predicted octanol–water partition coefficient (Wildman–Crippen LogP) is 4.06. The van der Waals surface area contributed by atoms with Gasteiger partial charge in [0.05, 0.1) is 30.6 Å². The number of hydrogen-bond donors (Lipinski definition) is 3. The molecule has 0 spiro atoms. The zero-order chi connectivity index (χ0) is 49.1. The van der Waals surface area contributed by atoms with Crippen molar-refractivity contribution in [3.8, 4) is 5.75 Å². The van der Waals surface area contributed by atoms with Gasteiger partial charge in [-0.05, 0) is 76.5 Å². The van der Waals surface area contributed by atoms with E-state index in [0.717, 1.165) is 11.1 Å². The number of halogens is 1. The number of aliphatic hydroxyl groups is 1. The van der Waals surface area contributed by atoms with Gasteiger partial charge in [0.15, 0.2) is 5.72 Å². The fourth-order valence-corrected chi connectivity index (χ4v) is 11.0. The normalized spacial score (nSPS) is 31.8. The van der Waals surface area contributed by atoms with E-state index >= 15 is 0 Å². The number of epoxide rings is 1. The van der Waals surface area contributed by atoms with Gasteiger partial charge in [0, 0.05) is 64.6 Å². The Kier molecular flexibility index (Phi) is 16.4. The Bertz CT molecular complexity index is 2170. The number of carbonyl (C=O) groups excluding carboxylic acids is 7. The summed E-state index contributed by atoms with van der Waals surface area (Å²) in [5.74, 6) is -2.71. The van der Waals surface area contributed by atoms with E-state index in [1.54, 1.807) is 45.2 Å². The number of thioether (sulfide) groups is 1. The monoisotopic (exact) mass is 973 g/mol. The Morgan fingerprint density at radius 1 is 1.10 bits per heavy atom. The van der Waals surface area contributed by atoms with E-state index in [4.69, 9.17) is 41.0 Å². The number of ether oxygens (including phenoxy) is 5. The zero-order valence-corrected chi connectivity index (χ0v) is 41.0. The zero-order valence-electron chi connectivity index (χ0n) is 39.4. The number of primary amides is 1. The van der Waals surface area contributed by atoms with Gasteiger partial charge >= 0.3 is 12.1 Å². The maximum Gasteiger partial charge on any atom is 0.409 e. The largest absolute Gasteiger partial charge is 0.495 e. The second kappa shape index (κ2) is 21.3. The number of fused-ring (bicyclic) bond motifs is 5. The van der Waals surface area contributed by atoms with Gasteiger partial charge in [-0.25, -0.2) is 9.59 Å². The van der Waals surface area contributed by atoms with Gasteiger partial charge in [-0.15, -0.1) is 11.8 Å². The molecule has 6 amide bonds. The lowest BCUT2D eigenvalue weighted by molar-refractivity contribution is -0.162. The minimum Gasteiger partial charge on any atom is -0.495 e. The lowest BCUT2D eigenvalue weighted by Gasteiger charge is -2.42. The Morgan fingerprint density at radius 2 is 1.81 bits per heavy atom. The lowest BCUT2D eigenvalue weighted by Crippen LogP contribution is -2.63. The molecule has 20 heteroatoms. The number of amides is 6. The van der Waals surface area contributed by atoms with Crippen molar-refractivity contribution in [2.75, 3.05) is 45.5 Å². The van der Waals surface area contributed by atoms with Crippen molar-refractivity contribution in [1.29, 1.82) is 0 Å². The number of rotatable bonds is 12. The number of nitrogens with two attached hydrogens (primary N) is 1. The molecule has 4 aliphatic heterocycles. The molecule has 1 saturated carbocycles. The fraction of sp³-hybridized carbons (Fsp3) is 0.638. The van der Waals surface area contributed by atoms with Gasteiger partial charge in [0.1, 0.15) is 40.7 Å². The molecule has 4 fully saturated rings. The van der Waals surface area contributed by atoms with E-state index in [1.165, 1.54) is 54.7 Å². The second-order valence-corrected chi connectivity index (χ2v) is 20.4. The van der Waals surface area contributed by atoms with Crippen molar-refractivity contribution in [2.24, 2.45) is 23.5 Å². The number of allylic oxidation sites excluding steroid dienone is 3. The van der Waals surface area contributed by atoms with Crippen molar-refractivity contribution in [1.82, 2.24) is 15.1 Å². The molecular weight excluding hydrogens is 910 g/mol. The molecule has 4 N–H and O–H groups in total. The molecule has 1 unspecified atom stereocenters. The van der Waals surface area contributed by atoms with Crippen molar-refractivity contribution >= 4 is 70.6 Å². The van der Waals surface area contributed by atoms with E-state index in [1.807, 2.05) is 13.0 Å². The molecule has 3 saturated heterocycles. The molecule has 67 heavy (non-hydrogen) atoms. The minimum atomic E-state index is -1.87. The molecule has 1 aromatic carbocycles. The summed E-state index contributed by atoms with van der Waals surface area (Å²) in [4.78, 5) is 96.5. The number of anilines is 1. The molecule has 1 aliphatic carbocycles. The topological polar surface area (TPSA) is 237 Å². The van der Waals surface area contributed by atoms with Crippen LogP contribution in [-0.2, 0) is 54.1 Å². The number of esters is 1. The van der Waals surface area contributed by atoms with Gasteiger partial charge < -0.3 is 44.3 Å². The highest BCUT2D eigenvalue weighted by atomic mass is 35.5. The summed E-state index contributed by atoms with van der Waals surface area (Å²) in [6.07, 6.45) is 3.11. The molecule has 9 atom stereocenters. The standard InChI is InChI=1S/C47H64ClN5O13S/c1-25-10-9-11-35(63-8)47(61)23-33(64-45(60)50-47)26(2)41-46(4,66-41)36(22-38(55)52(6)31-19-29(18-25)20-32(62-7)40(31)48)65-44(59)27(3)51(5)37(54)16-17-67-34-21-39(56)53(43(34)58)24-28-12-14-30(15-13-28)42(49)57/h9-11,19-20,26-28,30,33-36,41,61H,12-18,21-24H2,1-8H3,(H2,49,57)(H,50,60)/t26-,27+,28?,30?,33+,34?,35-,36+,41+,46-,47+/m1/s1. The number of likely N-dealkylation sites (N-methyl/N-ethyl adjacent to an activating group) is 1. The first kappa shape index (κ1) is 51.7. The molecule has 1 aromatic rings. The molecule has 18 nitrogen and oxygen atoms in total. The highest BCUT2D eigenvalue weighted by molar-refractivity contribution is 8.00. The number of imide groups is 1. The summed E-state index contributed by atoms with van der Waals surface area (Å²) in [6, 6.07) is 2.42. The Balaban J connectivity index is 1.16. The van der Waals surface area contributed by atoms with E-state index in [-0.39, 0.29) is 66.0 Å². The van der Waals surface area contributed by atoms with E-state index in [2.05, 4.69) is 5.32 Å². The number of methoxy groups -OCH3 is 2. The smallest absolute Gasteiger partial charge is 0.409 e. The van der Waals surface area contributed by atoms with Crippen LogP contribution >= 0.6 is 23.4 Å². The molecule has 4 heterocycles. The van der Waals surface area contributed by atoms with Gasteiger partial charge in [0.2, 0.25) is 29.5 Å². The van der Waals surface area contributed by atoms with E-state index in [0.29, 0.717) is 50.1 Å². The van der Waals surface area contributed by atoms with Gasteiger partial charge in [-0.1, -0.05) is 42.3 Å². The number of nitrogens with zero attached hydrogens (tertiary/aromatic N) is 3. The molecule has 0 radical (unpaired) electrons. The highest BCUT2D eigenvalue weighted by Crippen LogP contribution is 2.49. The lowest BCUT2D eigenvalue weighted by atomic mass is 9.81. The summed E-state index contributed by atoms with van der Waals surface area (Å²) in [6.45, 7) is 7.16. The highest BCUT2D eigenvalue weighted by Gasteiger charge is 2.64. The fourth-order valence-electron chi connectivity index (χ4n) is 9.55. The Morgan fingerprint density at radius 3 is 2.46 bits per heavy atom. The van der Waals surface area contributed by atoms with Gasteiger partial charge in [-0.3, -0.25) is 34.2 Å². The first-order chi connectivity index (χ1) is 31.6. The molecule has 5 aliphatic rings. The van der Waals surface area contributed by atoms with Gasteiger partial charge in [0.25, 0.3) is 0 Å². The van der Waals surface area contributed by atoms with Crippen LogP contribution in [0.15, 0.2) is 35.9 Å². The average Bonchev–Trinajstić information content (AvgIpc) is 3.91. The van der Waals surface area contributed by atoms with Crippen LogP contribution in [-0.4, -0.2) is 144 Å². The molecule has 6 rings (SSSR count). The van der Waals surface area contributed by atoms with Crippen molar-refractivity contribution in [3.05, 3.63) is 46.5 Å². The van der Waals surface area contributed by atoms with Crippen LogP contribution in [0.1, 0.15) is 84.6 Å². The number of benzene rings is 1. The van der Waals surface area contributed by atoms with Crippen LogP contribution in [0, 0.1) is 17.8 Å². The Labute approximate surface area is 400 Å². The molecule has 4 bridgehead atoms.